The largest absolute Gasteiger partial charge is 0.337 e. The van der Waals surface area contributed by atoms with E-state index < -0.39 is 0 Å². The fourth-order valence-electron chi connectivity index (χ4n) is 3.26. The molecule has 2 aromatic heterocycles. The van der Waals surface area contributed by atoms with Crippen molar-refractivity contribution in [1.82, 2.24) is 19.1 Å². The van der Waals surface area contributed by atoms with E-state index >= 15 is 0 Å². The number of nitrogens with zero attached hydrogens (tertiary/aromatic N) is 4. The number of halogens is 1. The molecule has 142 valence electrons. The fraction of sp³-hybridized carbons (Fsp3) is 0.182. The van der Waals surface area contributed by atoms with E-state index in [1.54, 1.807) is 30.1 Å². The number of aryl methyl sites for hydroxylation is 2. The summed E-state index contributed by atoms with van der Waals surface area (Å²) in [5, 5.41) is 0. The van der Waals surface area contributed by atoms with Gasteiger partial charge in [-0.25, -0.2) is 14.4 Å². The van der Waals surface area contributed by atoms with Crippen LogP contribution in [-0.2, 0) is 13.1 Å². The lowest BCUT2D eigenvalue weighted by Crippen LogP contribution is -2.03. The van der Waals surface area contributed by atoms with Crippen LogP contribution < -0.4 is 0 Å². The summed E-state index contributed by atoms with van der Waals surface area (Å²) in [5.41, 5.74) is 3.96. The third-order valence-electron chi connectivity index (χ3n) is 4.69. The molecule has 4 rings (SSSR count). The van der Waals surface area contributed by atoms with E-state index in [1.807, 2.05) is 18.9 Å². The molecule has 0 spiro atoms. The molecule has 0 atom stereocenters. The molecule has 6 heteroatoms. The van der Waals surface area contributed by atoms with E-state index in [4.69, 9.17) is 0 Å². The number of hydrogen-bond acceptors (Lipinski definition) is 3. The van der Waals surface area contributed by atoms with Gasteiger partial charge < -0.3 is 9.13 Å². The van der Waals surface area contributed by atoms with Crippen molar-refractivity contribution >= 4 is 11.8 Å². The minimum absolute atomic E-state index is 0.241. The Morgan fingerprint density at radius 2 is 1.68 bits per heavy atom. The smallest absolute Gasteiger partial charge is 0.123 e. The second-order valence-corrected chi connectivity index (χ2v) is 7.40. The van der Waals surface area contributed by atoms with Crippen LogP contribution in [0.15, 0.2) is 78.5 Å². The molecule has 0 aliphatic rings. The third kappa shape index (κ3) is 4.02. The molecular formula is C22H21FN4S. The number of benzene rings is 2. The normalized spacial score (nSPS) is 11.1. The first-order valence-electron chi connectivity index (χ1n) is 9.16. The standard InChI is InChI=1S/C22H21FN4S/c1-28-20-9-5-18(6-10-20)22-21(17-3-7-19(23)8-4-17)25-16-27(22)13-2-12-26-14-11-24-15-26/h3-11,14-16H,2,12-13H2,1H3. The molecule has 0 radical (unpaired) electrons. The van der Waals surface area contributed by atoms with E-state index in [9.17, 15) is 4.39 Å². The van der Waals surface area contributed by atoms with Crippen molar-refractivity contribution in [2.45, 2.75) is 24.4 Å². The van der Waals surface area contributed by atoms with Gasteiger partial charge in [0.25, 0.3) is 0 Å². The second-order valence-electron chi connectivity index (χ2n) is 6.52. The third-order valence-corrected chi connectivity index (χ3v) is 5.44. The first-order chi connectivity index (χ1) is 13.7. The number of rotatable bonds is 7. The van der Waals surface area contributed by atoms with Crippen molar-refractivity contribution < 1.29 is 4.39 Å². The van der Waals surface area contributed by atoms with Crippen molar-refractivity contribution in [2.24, 2.45) is 0 Å². The molecule has 0 amide bonds. The maximum absolute atomic E-state index is 13.4. The summed E-state index contributed by atoms with van der Waals surface area (Å²) in [5.74, 6) is -0.241. The Bertz CT molecular complexity index is 1020. The van der Waals surface area contributed by atoms with Gasteiger partial charge in [-0.15, -0.1) is 11.8 Å². The van der Waals surface area contributed by atoms with Crippen molar-refractivity contribution in [3.05, 3.63) is 79.4 Å². The monoisotopic (exact) mass is 392 g/mol. The van der Waals surface area contributed by atoms with E-state index in [0.717, 1.165) is 42.0 Å². The SMILES string of the molecule is CSc1ccc(-c2c(-c3ccc(F)cc3)ncn2CCCn2ccnc2)cc1. The summed E-state index contributed by atoms with van der Waals surface area (Å²) >= 11 is 1.72. The van der Waals surface area contributed by atoms with E-state index in [2.05, 4.69) is 49.6 Å². The Morgan fingerprint density at radius 1 is 0.929 bits per heavy atom. The second kappa shape index (κ2) is 8.44. The predicted octanol–water partition coefficient (Wildman–Crippen LogP) is 5.36. The summed E-state index contributed by atoms with van der Waals surface area (Å²) in [7, 11) is 0. The zero-order valence-corrected chi connectivity index (χ0v) is 16.4. The molecule has 0 aliphatic carbocycles. The first-order valence-corrected chi connectivity index (χ1v) is 10.4. The van der Waals surface area contributed by atoms with Crippen LogP contribution in [0.2, 0.25) is 0 Å². The molecule has 0 unspecified atom stereocenters. The molecule has 0 saturated carbocycles. The lowest BCUT2D eigenvalue weighted by Gasteiger charge is -2.12. The van der Waals surface area contributed by atoms with Crippen molar-refractivity contribution in [1.29, 1.82) is 0 Å². The van der Waals surface area contributed by atoms with Crippen LogP contribution in [0.4, 0.5) is 4.39 Å². The quantitative estimate of drug-likeness (QED) is 0.397. The van der Waals surface area contributed by atoms with Gasteiger partial charge >= 0.3 is 0 Å². The van der Waals surface area contributed by atoms with Gasteiger partial charge in [0.05, 0.1) is 24.0 Å². The number of thioether (sulfide) groups is 1. The number of imidazole rings is 2. The van der Waals surface area contributed by atoms with E-state index in [1.165, 1.54) is 17.0 Å². The predicted molar refractivity (Wildman–Crippen MR) is 112 cm³/mol. The van der Waals surface area contributed by atoms with Gasteiger partial charge in [-0.3, -0.25) is 0 Å². The summed E-state index contributed by atoms with van der Waals surface area (Å²) in [6, 6.07) is 15.0. The molecule has 0 aliphatic heterocycles. The Morgan fingerprint density at radius 3 is 2.36 bits per heavy atom. The van der Waals surface area contributed by atoms with Crippen LogP contribution in [-0.4, -0.2) is 25.4 Å². The highest BCUT2D eigenvalue weighted by Crippen LogP contribution is 2.32. The average Bonchev–Trinajstić information content (AvgIpc) is 3.39. The van der Waals surface area contributed by atoms with Crippen LogP contribution in [0, 0.1) is 5.82 Å². The van der Waals surface area contributed by atoms with Crippen LogP contribution in [0.5, 0.6) is 0 Å². The molecule has 0 fully saturated rings. The highest BCUT2D eigenvalue weighted by Gasteiger charge is 2.15. The van der Waals surface area contributed by atoms with Crippen LogP contribution in [0.3, 0.4) is 0 Å². The fourth-order valence-corrected chi connectivity index (χ4v) is 3.67. The minimum atomic E-state index is -0.241. The first kappa shape index (κ1) is 18.5. The van der Waals surface area contributed by atoms with Gasteiger partial charge in [0.1, 0.15) is 5.82 Å². The lowest BCUT2D eigenvalue weighted by atomic mass is 10.0. The molecule has 2 aromatic carbocycles. The highest BCUT2D eigenvalue weighted by molar-refractivity contribution is 7.98. The van der Waals surface area contributed by atoms with Crippen LogP contribution >= 0.6 is 11.8 Å². The summed E-state index contributed by atoms with van der Waals surface area (Å²) in [6.45, 7) is 1.74. The van der Waals surface area contributed by atoms with Crippen molar-refractivity contribution in [2.75, 3.05) is 6.26 Å². The molecular weight excluding hydrogens is 371 g/mol. The van der Waals surface area contributed by atoms with Crippen molar-refractivity contribution in [3.63, 3.8) is 0 Å². The average molecular weight is 393 g/mol. The zero-order valence-electron chi connectivity index (χ0n) is 15.6. The maximum atomic E-state index is 13.4. The van der Waals surface area contributed by atoms with Crippen LogP contribution in [0.1, 0.15) is 6.42 Å². The van der Waals surface area contributed by atoms with Gasteiger partial charge in [-0.1, -0.05) is 12.1 Å². The van der Waals surface area contributed by atoms with E-state index in [-0.39, 0.29) is 5.82 Å². The Balaban J connectivity index is 1.67. The summed E-state index contributed by atoms with van der Waals surface area (Å²) in [6.07, 6.45) is 10.5. The summed E-state index contributed by atoms with van der Waals surface area (Å²) in [4.78, 5) is 9.98. The Hall–Kier alpha value is -2.86. The van der Waals surface area contributed by atoms with Crippen LogP contribution in [0.25, 0.3) is 22.5 Å². The Labute approximate surface area is 168 Å². The molecule has 0 bridgehead atoms. The Kier molecular flexibility index (Phi) is 5.58. The van der Waals surface area contributed by atoms with Gasteiger partial charge in [-0.2, -0.15) is 0 Å². The van der Waals surface area contributed by atoms with Gasteiger partial charge in [0.15, 0.2) is 0 Å². The lowest BCUT2D eigenvalue weighted by molar-refractivity contribution is 0.566. The molecule has 4 nitrogen and oxygen atoms in total. The molecule has 0 N–H and O–H groups in total. The topological polar surface area (TPSA) is 35.6 Å². The summed E-state index contributed by atoms with van der Waals surface area (Å²) < 4.78 is 17.6. The maximum Gasteiger partial charge on any atom is 0.123 e. The number of aromatic nitrogens is 4. The van der Waals surface area contributed by atoms with Crippen molar-refractivity contribution in [3.8, 4) is 22.5 Å². The zero-order chi connectivity index (χ0) is 19.3. The molecule has 28 heavy (non-hydrogen) atoms. The molecule has 0 saturated heterocycles. The minimum Gasteiger partial charge on any atom is -0.337 e. The molecule has 4 aromatic rings. The highest BCUT2D eigenvalue weighted by atomic mass is 32.2. The van der Waals surface area contributed by atoms with E-state index in [0.29, 0.717) is 0 Å². The van der Waals surface area contributed by atoms with Gasteiger partial charge in [0, 0.05) is 41.5 Å². The van der Waals surface area contributed by atoms with Gasteiger partial charge in [0.2, 0.25) is 0 Å². The molecule has 2 heterocycles. The number of hydrogen-bond donors (Lipinski definition) is 0. The van der Waals surface area contributed by atoms with Gasteiger partial charge in [-0.05, 0) is 49.1 Å².